The predicted octanol–water partition coefficient (Wildman–Crippen LogP) is 0.911. The largest absolute Gasteiger partial charge is 0.247 e. The second kappa shape index (κ2) is 1.67. The Labute approximate surface area is 62.8 Å². The van der Waals surface area contributed by atoms with Gasteiger partial charge < -0.3 is 0 Å². The van der Waals surface area contributed by atoms with Gasteiger partial charge in [0.15, 0.2) is 0 Å². The number of rotatable bonds is 1. The summed E-state index contributed by atoms with van der Waals surface area (Å²) < 4.78 is 33.6. The Morgan fingerprint density at radius 2 is 1.90 bits per heavy atom. The zero-order valence-corrected chi connectivity index (χ0v) is 6.57. The first-order valence-corrected chi connectivity index (χ1v) is 5.46. The lowest BCUT2D eigenvalue weighted by Gasteiger charge is -2.58. The molecule has 3 saturated carbocycles. The van der Waals surface area contributed by atoms with Crippen molar-refractivity contribution in [2.75, 3.05) is 0 Å². The molecule has 0 amide bonds. The van der Waals surface area contributed by atoms with E-state index in [1.54, 1.807) is 0 Å². The minimum Gasteiger partial charge on any atom is -0.247 e. The van der Waals surface area contributed by atoms with Crippen LogP contribution in [0.5, 0.6) is 0 Å². The van der Waals surface area contributed by atoms with Gasteiger partial charge in [-0.3, -0.25) is 0 Å². The van der Waals surface area contributed by atoms with E-state index in [9.17, 15) is 12.8 Å². The third kappa shape index (κ3) is 0.613. The first-order chi connectivity index (χ1) is 4.52. The number of alkyl halides is 1. The lowest BCUT2D eigenvalue weighted by molar-refractivity contribution is -0.0917. The molecule has 0 radical (unpaired) electrons. The fourth-order valence-electron chi connectivity index (χ4n) is 1.72. The molecule has 2 nitrogen and oxygen atoms in total. The molecule has 0 aliphatic heterocycles. The molecule has 3 rings (SSSR count). The van der Waals surface area contributed by atoms with Gasteiger partial charge >= 0.3 is 0 Å². The molecule has 0 spiro atoms. The van der Waals surface area contributed by atoms with Crippen LogP contribution in [0, 0.1) is 11.8 Å². The van der Waals surface area contributed by atoms with Gasteiger partial charge in [0.05, 0.1) is 5.25 Å². The molecule has 0 aromatic heterocycles. The third-order valence-corrected chi connectivity index (χ3v) is 4.50. The van der Waals surface area contributed by atoms with Crippen molar-refractivity contribution in [2.45, 2.75) is 17.8 Å². The molecule has 0 heterocycles. The van der Waals surface area contributed by atoms with Gasteiger partial charge in [-0.15, -0.1) is 0 Å². The lowest BCUT2D eigenvalue weighted by atomic mass is 9.54. The third-order valence-electron chi connectivity index (χ3n) is 2.53. The number of hydrogen-bond donors (Lipinski definition) is 0. The normalized spacial score (nSPS) is 51.4. The minimum atomic E-state index is -3.47. The second-order valence-corrected chi connectivity index (χ2v) is 5.73. The molecule has 0 aromatic rings. The Morgan fingerprint density at radius 3 is 2.00 bits per heavy atom. The van der Waals surface area contributed by atoms with Crippen molar-refractivity contribution in [3.05, 3.63) is 0 Å². The lowest BCUT2D eigenvalue weighted by Crippen LogP contribution is -2.67. The van der Waals surface area contributed by atoms with Crippen molar-refractivity contribution in [3.63, 3.8) is 0 Å². The van der Waals surface area contributed by atoms with E-state index in [1.807, 2.05) is 0 Å². The SMILES string of the molecule is O=S(=O)(Cl)C1C2CC1C2F. The first-order valence-electron chi connectivity index (χ1n) is 3.09. The summed E-state index contributed by atoms with van der Waals surface area (Å²) in [4.78, 5) is 0. The van der Waals surface area contributed by atoms with Crippen LogP contribution in [0.3, 0.4) is 0 Å². The molecule has 2 bridgehead atoms. The monoisotopic (exact) mass is 184 g/mol. The first kappa shape index (κ1) is 6.85. The van der Waals surface area contributed by atoms with Gasteiger partial charge in [-0.05, 0) is 6.42 Å². The van der Waals surface area contributed by atoms with Crippen LogP contribution in [-0.4, -0.2) is 19.8 Å². The summed E-state index contributed by atoms with van der Waals surface area (Å²) in [5, 5.41) is -0.566. The average Bonchev–Trinajstić information content (AvgIpc) is 1.55. The van der Waals surface area contributed by atoms with E-state index in [0.29, 0.717) is 6.42 Å². The molecule has 0 saturated heterocycles. The summed E-state index contributed by atoms with van der Waals surface area (Å²) in [6.45, 7) is 0. The highest BCUT2D eigenvalue weighted by molar-refractivity contribution is 8.14. The van der Waals surface area contributed by atoms with Gasteiger partial charge in [-0.1, -0.05) is 0 Å². The molecular weight excluding hydrogens is 179 g/mol. The smallest absolute Gasteiger partial charge is 0.236 e. The topological polar surface area (TPSA) is 34.1 Å². The second-order valence-electron chi connectivity index (χ2n) is 2.95. The van der Waals surface area contributed by atoms with Crippen molar-refractivity contribution < 1.29 is 12.8 Å². The van der Waals surface area contributed by atoms with E-state index in [4.69, 9.17) is 10.7 Å². The maximum atomic E-state index is 12.4. The van der Waals surface area contributed by atoms with Crippen LogP contribution in [0.4, 0.5) is 4.39 Å². The molecule has 3 aliphatic carbocycles. The van der Waals surface area contributed by atoms with Crippen LogP contribution in [0.25, 0.3) is 0 Å². The van der Waals surface area contributed by atoms with Crippen LogP contribution < -0.4 is 0 Å². The van der Waals surface area contributed by atoms with Crippen molar-refractivity contribution in [1.82, 2.24) is 0 Å². The average molecular weight is 185 g/mol. The zero-order valence-electron chi connectivity index (χ0n) is 5.00. The van der Waals surface area contributed by atoms with Crippen LogP contribution >= 0.6 is 10.7 Å². The van der Waals surface area contributed by atoms with Crippen LogP contribution in [-0.2, 0) is 9.05 Å². The van der Waals surface area contributed by atoms with Gasteiger partial charge in [0, 0.05) is 22.5 Å². The molecule has 0 aromatic carbocycles. The van der Waals surface area contributed by atoms with Crippen molar-refractivity contribution in [3.8, 4) is 0 Å². The summed E-state index contributed by atoms with van der Waals surface area (Å²) in [6, 6.07) is 0. The Bertz CT molecular complexity index is 253. The van der Waals surface area contributed by atoms with Crippen LogP contribution in [0.2, 0.25) is 0 Å². The summed E-state index contributed by atoms with van der Waals surface area (Å²) in [5.41, 5.74) is 0. The molecule has 2 atom stereocenters. The fourth-order valence-corrected chi connectivity index (χ4v) is 3.87. The highest BCUT2D eigenvalue weighted by Gasteiger charge is 2.67. The molecule has 5 heteroatoms. The Morgan fingerprint density at radius 1 is 1.40 bits per heavy atom. The van der Waals surface area contributed by atoms with Gasteiger partial charge in [0.25, 0.3) is 0 Å². The minimum absolute atomic E-state index is 0.285. The van der Waals surface area contributed by atoms with Gasteiger partial charge in [-0.2, -0.15) is 0 Å². The van der Waals surface area contributed by atoms with E-state index in [1.165, 1.54) is 0 Å². The molecule has 10 heavy (non-hydrogen) atoms. The van der Waals surface area contributed by atoms with E-state index >= 15 is 0 Å². The van der Waals surface area contributed by atoms with Crippen molar-refractivity contribution in [2.24, 2.45) is 11.8 Å². The van der Waals surface area contributed by atoms with E-state index < -0.39 is 20.5 Å². The highest BCUT2D eigenvalue weighted by atomic mass is 35.7. The molecule has 3 aliphatic rings. The number of halogens is 2. The quantitative estimate of drug-likeness (QED) is 0.568. The van der Waals surface area contributed by atoms with Crippen molar-refractivity contribution in [1.29, 1.82) is 0 Å². The Balaban J connectivity index is 2.16. The Kier molecular flexibility index (Phi) is 1.14. The van der Waals surface area contributed by atoms with Gasteiger partial charge in [-0.25, -0.2) is 12.8 Å². The van der Waals surface area contributed by atoms with Gasteiger partial charge in [0.1, 0.15) is 6.17 Å². The highest BCUT2D eigenvalue weighted by Crippen LogP contribution is 2.59. The summed E-state index contributed by atoms with van der Waals surface area (Å²) >= 11 is 0. The Hall–Kier alpha value is 0.170. The van der Waals surface area contributed by atoms with Crippen LogP contribution in [0.1, 0.15) is 6.42 Å². The molecule has 2 unspecified atom stereocenters. The van der Waals surface area contributed by atoms with E-state index in [-0.39, 0.29) is 11.8 Å². The summed E-state index contributed by atoms with van der Waals surface area (Å²) in [6.07, 6.45) is -0.184. The zero-order chi connectivity index (χ0) is 7.52. The van der Waals surface area contributed by atoms with Gasteiger partial charge in [0.2, 0.25) is 9.05 Å². The molecule has 58 valence electrons. The van der Waals surface area contributed by atoms with Crippen LogP contribution in [0.15, 0.2) is 0 Å². The molecular formula is C5H6ClFO2S. The van der Waals surface area contributed by atoms with E-state index in [2.05, 4.69) is 0 Å². The van der Waals surface area contributed by atoms with E-state index in [0.717, 1.165) is 0 Å². The van der Waals surface area contributed by atoms with Crippen molar-refractivity contribution >= 4 is 19.7 Å². The maximum Gasteiger partial charge on any atom is 0.236 e. The molecule has 3 fully saturated rings. The standard InChI is InChI=1S/C5H6ClFO2S/c6-10(8,9)5-2-1-3(5)4(2)7/h2-5H,1H2. The number of hydrogen-bond acceptors (Lipinski definition) is 2. The summed E-state index contributed by atoms with van der Waals surface area (Å²) in [7, 11) is 1.56. The summed E-state index contributed by atoms with van der Waals surface area (Å²) in [5.74, 6) is -0.569. The fraction of sp³-hybridized carbons (Fsp3) is 1.00. The molecule has 0 N–H and O–H groups in total. The maximum absolute atomic E-state index is 12.4. The predicted molar refractivity (Wildman–Crippen MR) is 35.1 cm³/mol.